The molecule has 0 bridgehead atoms. The van der Waals surface area contributed by atoms with Gasteiger partial charge in [-0.2, -0.15) is 0 Å². The van der Waals surface area contributed by atoms with Crippen LogP contribution in [0.5, 0.6) is 0 Å². The van der Waals surface area contributed by atoms with E-state index < -0.39 is 0 Å². The number of alkyl halides is 1. The number of hydrogen-bond donors (Lipinski definition) is 0. The van der Waals surface area contributed by atoms with Gasteiger partial charge in [0, 0.05) is 19.2 Å². The maximum absolute atomic E-state index is 11.6. The molecule has 1 unspecified atom stereocenters. The highest BCUT2D eigenvalue weighted by atomic mass is 79.9. The van der Waals surface area contributed by atoms with Crippen LogP contribution in [-0.2, 0) is 9.53 Å². The van der Waals surface area contributed by atoms with Gasteiger partial charge in [0.1, 0.15) is 0 Å². The van der Waals surface area contributed by atoms with E-state index in [0.29, 0.717) is 12.1 Å². The SMILES string of the molecule is CCOC1CC(N2CCC(Br)C2=O)C1. The molecule has 0 aromatic rings. The van der Waals surface area contributed by atoms with E-state index in [1.54, 1.807) is 0 Å². The number of carbonyl (C=O) groups is 1. The van der Waals surface area contributed by atoms with Gasteiger partial charge in [-0.25, -0.2) is 0 Å². The quantitative estimate of drug-likeness (QED) is 0.722. The lowest BCUT2D eigenvalue weighted by Gasteiger charge is -2.40. The first-order valence-electron chi connectivity index (χ1n) is 5.28. The number of likely N-dealkylation sites (tertiary alicyclic amines) is 1. The monoisotopic (exact) mass is 261 g/mol. The molecule has 4 heteroatoms. The van der Waals surface area contributed by atoms with Crippen LogP contribution in [-0.4, -0.2) is 40.9 Å². The molecule has 1 heterocycles. The Morgan fingerprint density at radius 2 is 2.29 bits per heavy atom. The fourth-order valence-electron chi connectivity index (χ4n) is 2.19. The second kappa shape index (κ2) is 4.19. The minimum absolute atomic E-state index is 0.0636. The summed E-state index contributed by atoms with van der Waals surface area (Å²) >= 11 is 3.39. The Kier molecular flexibility index (Phi) is 3.12. The third kappa shape index (κ3) is 1.82. The molecule has 1 saturated heterocycles. The van der Waals surface area contributed by atoms with Gasteiger partial charge in [-0.05, 0) is 26.2 Å². The minimum Gasteiger partial charge on any atom is -0.378 e. The van der Waals surface area contributed by atoms with E-state index in [1.807, 2.05) is 11.8 Å². The van der Waals surface area contributed by atoms with Crippen molar-refractivity contribution in [2.75, 3.05) is 13.2 Å². The van der Waals surface area contributed by atoms with Crippen molar-refractivity contribution in [1.29, 1.82) is 0 Å². The molecule has 80 valence electrons. The molecule has 0 spiro atoms. The largest absolute Gasteiger partial charge is 0.378 e. The van der Waals surface area contributed by atoms with E-state index in [-0.39, 0.29) is 10.7 Å². The molecule has 0 N–H and O–H groups in total. The molecule has 1 atom stereocenters. The summed E-state index contributed by atoms with van der Waals surface area (Å²) in [4.78, 5) is 13.7. The Hall–Kier alpha value is -0.0900. The maximum atomic E-state index is 11.6. The van der Waals surface area contributed by atoms with Crippen LogP contribution in [0.1, 0.15) is 26.2 Å². The van der Waals surface area contributed by atoms with Crippen molar-refractivity contribution in [2.24, 2.45) is 0 Å². The molecule has 14 heavy (non-hydrogen) atoms. The standard InChI is InChI=1S/C10H16BrNO2/c1-2-14-8-5-7(6-8)12-4-3-9(11)10(12)13/h7-9H,2-6H2,1H3. The summed E-state index contributed by atoms with van der Waals surface area (Å²) < 4.78 is 5.48. The van der Waals surface area contributed by atoms with Crippen LogP contribution in [0.25, 0.3) is 0 Å². The first kappa shape index (κ1) is 10.4. The van der Waals surface area contributed by atoms with Crippen molar-refractivity contribution < 1.29 is 9.53 Å². The number of amides is 1. The van der Waals surface area contributed by atoms with E-state index in [0.717, 1.165) is 32.4 Å². The van der Waals surface area contributed by atoms with Gasteiger partial charge in [-0.1, -0.05) is 15.9 Å². The zero-order valence-corrected chi connectivity index (χ0v) is 10.00. The van der Waals surface area contributed by atoms with Gasteiger partial charge >= 0.3 is 0 Å². The van der Waals surface area contributed by atoms with Crippen LogP contribution in [0.2, 0.25) is 0 Å². The molecule has 3 nitrogen and oxygen atoms in total. The Labute approximate surface area is 92.9 Å². The highest BCUT2D eigenvalue weighted by Gasteiger charge is 2.41. The van der Waals surface area contributed by atoms with Crippen LogP contribution >= 0.6 is 15.9 Å². The fraction of sp³-hybridized carbons (Fsp3) is 0.900. The molecule has 2 aliphatic rings. The summed E-state index contributed by atoms with van der Waals surface area (Å²) in [6, 6.07) is 0.446. The van der Waals surface area contributed by atoms with Crippen molar-refractivity contribution in [2.45, 2.75) is 43.2 Å². The summed E-state index contributed by atoms with van der Waals surface area (Å²) in [5, 5.41) is 0. The average molecular weight is 262 g/mol. The molecule has 1 saturated carbocycles. The van der Waals surface area contributed by atoms with Crippen LogP contribution in [0, 0.1) is 0 Å². The first-order chi connectivity index (χ1) is 6.72. The normalized spacial score (nSPS) is 37.4. The van der Waals surface area contributed by atoms with Gasteiger partial charge in [0.05, 0.1) is 10.9 Å². The van der Waals surface area contributed by atoms with Crippen molar-refractivity contribution in [3.8, 4) is 0 Å². The summed E-state index contributed by atoms with van der Waals surface area (Å²) in [6.07, 6.45) is 3.40. The zero-order valence-electron chi connectivity index (χ0n) is 8.41. The molecule has 1 aliphatic heterocycles. The molecule has 0 aromatic carbocycles. The predicted octanol–water partition coefficient (Wildman–Crippen LogP) is 1.55. The van der Waals surface area contributed by atoms with E-state index in [1.165, 1.54) is 0 Å². The smallest absolute Gasteiger partial charge is 0.236 e. The second-order valence-electron chi connectivity index (χ2n) is 3.99. The van der Waals surface area contributed by atoms with E-state index in [9.17, 15) is 4.79 Å². The van der Waals surface area contributed by atoms with Crippen LogP contribution in [0.4, 0.5) is 0 Å². The number of rotatable bonds is 3. The van der Waals surface area contributed by atoms with Gasteiger partial charge in [-0.3, -0.25) is 4.79 Å². The van der Waals surface area contributed by atoms with Crippen LogP contribution in [0.15, 0.2) is 0 Å². The first-order valence-corrected chi connectivity index (χ1v) is 6.20. The van der Waals surface area contributed by atoms with Crippen LogP contribution < -0.4 is 0 Å². The van der Waals surface area contributed by atoms with E-state index in [4.69, 9.17) is 4.74 Å². The van der Waals surface area contributed by atoms with Gasteiger partial charge in [0.25, 0.3) is 0 Å². The summed E-state index contributed by atoms with van der Waals surface area (Å²) in [7, 11) is 0. The highest BCUT2D eigenvalue weighted by Crippen LogP contribution is 2.32. The van der Waals surface area contributed by atoms with Gasteiger partial charge in [-0.15, -0.1) is 0 Å². The Balaban J connectivity index is 1.80. The molecule has 1 amide bonds. The molecular weight excluding hydrogens is 246 g/mol. The Morgan fingerprint density at radius 3 is 2.79 bits per heavy atom. The van der Waals surface area contributed by atoms with Gasteiger partial charge in [0.15, 0.2) is 0 Å². The Morgan fingerprint density at radius 1 is 1.57 bits per heavy atom. The van der Waals surface area contributed by atoms with Crippen molar-refractivity contribution in [3.05, 3.63) is 0 Å². The van der Waals surface area contributed by atoms with Crippen molar-refractivity contribution in [3.63, 3.8) is 0 Å². The molecule has 1 aliphatic carbocycles. The summed E-state index contributed by atoms with van der Waals surface area (Å²) in [6.45, 7) is 3.72. The molecule has 0 aromatic heterocycles. The number of hydrogen-bond acceptors (Lipinski definition) is 2. The van der Waals surface area contributed by atoms with Gasteiger partial charge < -0.3 is 9.64 Å². The lowest BCUT2D eigenvalue weighted by atomic mass is 9.88. The predicted molar refractivity (Wildman–Crippen MR) is 57.5 cm³/mol. The second-order valence-corrected chi connectivity index (χ2v) is 5.10. The fourth-order valence-corrected chi connectivity index (χ4v) is 2.66. The van der Waals surface area contributed by atoms with E-state index >= 15 is 0 Å². The third-order valence-electron chi connectivity index (χ3n) is 3.09. The zero-order chi connectivity index (χ0) is 10.1. The number of halogens is 1. The van der Waals surface area contributed by atoms with Crippen molar-refractivity contribution >= 4 is 21.8 Å². The topological polar surface area (TPSA) is 29.5 Å². The number of carbonyl (C=O) groups excluding carboxylic acids is 1. The number of ether oxygens (including phenoxy) is 1. The number of nitrogens with zero attached hydrogens (tertiary/aromatic N) is 1. The third-order valence-corrected chi connectivity index (χ3v) is 3.94. The molecular formula is C10H16BrNO2. The van der Waals surface area contributed by atoms with Gasteiger partial charge in [0.2, 0.25) is 5.91 Å². The minimum atomic E-state index is 0.0636. The van der Waals surface area contributed by atoms with Crippen LogP contribution in [0.3, 0.4) is 0 Å². The molecule has 2 rings (SSSR count). The van der Waals surface area contributed by atoms with E-state index in [2.05, 4.69) is 15.9 Å². The summed E-state index contributed by atoms with van der Waals surface area (Å²) in [5.41, 5.74) is 0. The highest BCUT2D eigenvalue weighted by molar-refractivity contribution is 9.10. The Bertz CT molecular complexity index is 228. The molecule has 0 radical (unpaired) electrons. The average Bonchev–Trinajstić information content (AvgIpc) is 2.41. The summed E-state index contributed by atoms with van der Waals surface area (Å²) in [5.74, 6) is 0.268. The lowest BCUT2D eigenvalue weighted by Crippen LogP contribution is -2.49. The van der Waals surface area contributed by atoms with Crippen molar-refractivity contribution in [1.82, 2.24) is 4.90 Å². The maximum Gasteiger partial charge on any atom is 0.236 e. The molecule has 2 fully saturated rings. The lowest BCUT2D eigenvalue weighted by molar-refractivity contribution is -0.134.